The Balaban J connectivity index is 2.34. The molecule has 3 rings (SSSR count). The van der Waals surface area contributed by atoms with Gasteiger partial charge in [0.05, 0.1) is 0 Å². The average molecular weight is 361 g/mol. The molecule has 0 radical (unpaired) electrons. The maximum Gasteiger partial charge on any atom is 0.124 e. The summed E-state index contributed by atoms with van der Waals surface area (Å²) in [5.41, 5.74) is 18.9. The van der Waals surface area contributed by atoms with Crippen LogP contribution < -0.4 is 33.1 Å². The lowest BCUT2D eigenvalue weighted by atomic mass is 10.3. The number of hydrogen-bond acceptors (Lipinski definition) is 3. The van der Waals surface area contributed by atoms with E-state index in [1.807, 2.05) is 0 Å². The molecule has 6 N–H and O–H groups in total. The molecule has 3 aromatic carbocycles. The van der Waals surface area contributed by atoms with Crippen molar-refractivity contribution in [1.29, 1.82) is 0 Å². The van der Waals surface area contributed by atoms with E-state index < -0.39 is 25.4 Å². The summed E-state index contributed by atoms with van der Waals surface area (Å²) in [7, 11) is -1.65. The molecule has 128 valence electrons. The zero-order valence-corrected chi connectivity index (χ0v) is 13.9. The predicted octanol–water partition coefficient (Wildman–Crippen LogP) is 2.61. The third-order valence-electron chi connectivity index (χ3n) is 3.70. The number of anilines is 3. The van der Waals surface area contributed by atoms with Gasteiger partial charge < -0.3 is 17.2 Å². The molecule has 0 spiro atoms. The molecule has 0 aromatic heterocycles. The Morgan fingerprint density at radius 1 is 0.520 bits per heavy atom. The second kappa shape index (κ2) is 6.65. The Morgan fingerprint density at radius 3 is 1.08 bits per heavy atom. The molecule has 0 fully saturated rings. The minimum atomic E-state index is -1.65. The third kappa shape index (κ3) is 3.39. The van der Waals surface area contributed by atoms with Crippen LogP contribution in [0.25, 0.3) is 0 Å². The summed E-state index contributed by atoms with van der Waals surface area (Å²) in [5.74, 6) is -1.54. The Morgan fingerprint density at radius 2 is 0.800 bits per heavy atom. The van der Waals surface area contributed by atoms with Crippen LogP contribution in [0.2, 0.25) is 0 Å². The van der Waals surface area contributed by atoms with Gasteiger partial charge in [0.2, 0.25) is 0 Å². The minimum Gasteiger partial charge on any atom is -0.398 e. The maximum atomic E-state index is 13.8. The first-order chi connectivity index (χ1) is 11.9. The Kier molecular flexibility index (Phi) is 4.55. The summed E-state index contributed by atoms with van der Waals surface area (Å²) in [6, 6.07) is 11.6. The van der Waals surface area contributed by atoms with E-state index in [4.69, 9.17) is 17.2 Å². The Hall–Kier alpha value is -2.72. The van der Waals surface area contributed by atoms with Gasteiger partial charge in [0.1, 0.15) is 17.5 Å². The largest absolute Gasteiger partial charge is 0.398 e. The molecule has 0 aliphatic heterocycles. The number of rotatable bonds is 3. The molecule has 0 aliphatic carbocycles. The molecule has 25 heavy (non-hydrogen) atoms. The molecule has 0 atom stereocenters. The van der Waals surface area contributed by atoms with Crippen molar-refractivity contribution in [2.45, 2.75) is 0 Å². The summed E-state index contributed by atoms with van der Waals surface area (Å²) in [6.45, 7) is 0. The van der Waals surface area contributed by atoms with Gasteiger partial charge in [-0.25, -0.2) is 13.2 Å². The van der Waals surface area contributed by atoms with Crippen molar-refractivity contribution < 1.29 is 13.2 Å². The highest BCUT2D eigenvalue weighted by Gasteiger charge is 2.24. The van der Waals surface area contributed by atoms with Gasteiger partial charge in [0, 0.05) is 33.0 Å². The number of halogens is 3. The van der Waals surface area contributed by atoms with Crippen LogP contribution in [0, 0.1) is 17.5 Å². The Bertz CT molecular complexity index is 824. The lowest BCUT2D eigenvalue weighted by Crippen LogP contribution is -2.27. The van der Waals surface area contributed by atoms with E-state index in [2.05, 4.69) is 0 Å². The van der Waals surface area contributed by atoms with Crippen LogP contribution in [0.4, 0.5) is 30.2 Å². The molecule has 0 unspecified atom stereocenters. The van der Waals surface area contributed by atoms with Crippen molar-refractivity contribution in [3.05, 3.63) is 72.0 Å². The highest BCUT2D eigenvalue weighted by molar-refractivity contribution is 7.80. The zero-order valence-electron chi connectivity index (χ0n) is 13.0. The van der Waals surface area contributed by atoms with Crippen LogP contribution in [-0.2, 0) is 0 Å². The number of nitrogens with two attached hydrogens (primary N) is 3. The summed E-state index contributed by atoms with van der Waals surface area (Å²) in [6.07, 6.45) is 0. The maximum absolute atomic E-state index is 13.8. The topological polar surface area (TPSA) is 78.1 Å². The lowest BCUT2D eigenvalue weighted by Gasteiger charge is -2.23. The normalized spacial score (nSPS) is 11.0. The van der Waals surface area contributed by atoms with Crippen LogP contribution in [0.15, 0.2) is 54.6 Å². The first-order valence-corrected chi connectivity index (χ1v) is 8.66. The van der Waals surface area contributed by atoms with E-state index >= 15 is 0 Å². The summed E-state index contributed by atoms with van der Waals surface area (Å²) >= 11 is 0. The number of benzene rings is 3. The van der Waals surface area contributed by atoms with E-state index in [1.54, 1.807) is 0 Å². The molecule has 0 saturated carbocycles. The van der Waals surface area contributed by atoms with Gasteiger partial charge >= 0.3 is 0 Å². The van der Waals surface area contributed by atoms with E-state index in [-0.39, 0.29) is 0 Å². The lowest BCUT2D eigenvalue weighted by molar-refractivity contribution is 0.629. The van der Waals surface area contributed by atoms with Crippen LogP contribution >= 0.6 is 7.92 Å². The highest BCUT2D eigenvalue weighted by atomic mass is 31.1. The van der Waals surface area contributed by atoms with E-state index in [1.165, 1.54) is 54.6 Å². The van der Waals surface area contributed by atoms with Crippen LogP contribution in [0.5, 0.6) is 0 Å². The first-order valence-electron chi connectivity index (χ1n) is 7.32. The standard InChI is InChI=1S/C18H15F3N3P/c19-10-1-4-13(22)16(7-10)25(17-8-11(20)2-5-14(17)23)18-9-12(21)3-6-15(18)24/h1-9H,22-24H2. The van der Waals surface area contributed by atoms with Crippen molar-refractivity contribution in [2.75, 3.05) is 17.2 Å². The van der Waals surface area contributed by atoms with E-state index in [0.29, 0.717) is 33.0 Å². The van der Waals surface area contributed by atoms with Crippen molar-refractivity contribution in [3.63, 3.8) is 0 Å². The van der Waals surface area contributed by atoms with Crippen molar-refractivity contribution in [3.8, 4) is 0 Å². The molecule has 7 heteroatoms. The number of hydrogen-bond donors (Lipinski definition) is 3. The van der Waals surface area contributed by atoms with E-state index in [9.17, 15) is 13.2 Å². The first kappa shape index (κ1) is 17.1. The molecule has 0 amide bonds. The van der Waals surface area contributed by atoms with Gasteiger partial charge in [-0.15, -0.1) is 0 Å². The fourth-order valence-electron chi connectivity index (χ4n) is 2.52. The molecule has 0 saturated heterocycles. The van der Waals surface area contributed by atoms with E-state index in [0.717, 1.165) is 0 Å². The fourth-order valence-corrected chi connectivity index (χ4v) is 5.05. The van der Waals surface area contributed by atoms with Gasteiger partial charge in [-0.1, -0.05) is 0 Å². The molecule has 0 bridgehead atoms. The Labute approximate surface area is 144 Å². The molecule has 0 aliphatic rings. The summed E-state index contributed by atoms with van der Waals surface area (Å²) in [5, 5.41) is 1.18. The van der Waals surface area contributed by atoms with Gasteiger partial charge in [0.25, 0.3) is 0 Å². The third-order valence-corrected chi connectivity index (χ3v) is 6.31. The van der Waals surface area contributed by atoms with Gasteiger partial charge in [-0.2, -0.15) is 0 Å². The summed E-state index contributed by atoms with van der Waals surface area (Å²) in [4.78, 5) is 0. The zero-order chi connectivity index (χ0) is 18.1. The molecule has 3 aromatic rings. The predicted molar refractivity (Wildman–Crippen MR) is 98.3 cm³/mol. The second-order valence-corrected chi connectivity index (χ2v) is 7.56. The smallest absolute Gasteiger partial charge is 0.124 e. The van der Waals surface area contributed by atoms with Crippen molar-refractivity contribution in [2.24, 2.45) is 0 Å². The van der Waals surface area contributed by atoms with Crippen molar-refractivity contribution >= 4 is 40.9 Å². The van der Waals surface area contributed by atoms with Gasteiger partial charge in [-0.05, 0) is 62.5 Å². The van der Waals surface area contributed by atoms with Crippen LogP contribution in [-0.4, -0.2) is 0 Å². The highest BCUT2D eigenvalue weighted by Crippen LogP contribution is 2.39. The molecular weight excluding hydrogens is 346 g/mol. The molecule has 0 heterocycles. The van der Waals surface area contributed by atoms with Gasteiger partial charge in [0.15, 0.2) is 0 Å². The minimum absolute atomic E-state index is 0.292. The van der Waals surface area contributed by atoms with Crippen LogP contribution in [0.3, 0.4) is 0 Å². The fraction of sp³-hybridized carbons (Fsp3) is 0. The quantitative estimate of drug-likeness (QED) is 0.496. The summed E-state index contributed by atoms with van der Waals surface area (Å²) < 4.78 is 41.5. The molecular formula is C18H15F3N3P. The monoisotopic (exact) mass is 361 g/mol. The molecule has 3 nitrogen and oxygen atoms in total. The van der Waals surface area contributed by atoms with Crippen molar-refractivity contribution in [1.82, 2.24) is 0 Å². The van der Waals surface area contributed by atoms with Crippen LogP contribution in [0.1, 0.15) is 0 Å². The number of nitrogen functional groups attached to an aromatic ring is 3. The van der Waals surface area contributed by atoms with Gasteiger partial charge in [-0.3, -0.25) is 0 Å². The average Bonchev–Trinajstić information content (AvgIpc) is 2.57. The SMILES string of the molecule is Nc1ccc(F)cc1P(c1cc(F)ccc1N)c1cc(F)ccc1N. The second-order valence-electron chi connectivity index (χ2n) is 5.44.